The number of hydrogen-bond donors (Lipinski definition) is 1. The van der Waals surface area contributed by atoms with Crippen LogP contribution in [-0.4, -0.2) is 38.4 Å². The Bertz CT molecular complexity index is 386. The molecule has 2 rings (SSSR count). The molecule has 0 bridgehead atoms. The van der Waals surface area contributed by atoms with Crippen LogP contribution in [0, 0.1) is 5.82 Å². The minimum atomic E-state index is -0.225. The number of nitrogens with one attached hydrogen (secondary N) is 1. The summed E-state index contributed by atoms with van der Waals surface area (Å²) in [7, 11) is 0. The van der Waals surface area contributed by atoms with Crippen LogP contribution in [0.3, 0.4) is 0 Å². The molecule has 3 nitrogen and oxygen atoms in total. The van der Waals surface area contributed by atoms with Crippen molar-refractivity contribution in [3.8, 4) is 5.75 Å². The van der Waals surface area contributed by atoms with Crippen LogP contribution in [0.25, 0.3) is 0 Å². The van der Waals surface area contributed by atoms with E-state index in [0.717, 1.165) is 31.7 Å². The fourth-order valence-electron chi connectivity index (χ4n) is 2.79. The predicted molar refractivity (Wildman–Crippen MR) is 76.7 cm³/mol. The number of unbranched alkanes of at least 4 members (excludes halogenated alkanes) is 1. The average Bonchev–Trinajstić information content (AvgIpc) is 2.39. The summed E-state index contributed by atoms with van der Waals surface area (Å²) in [5.41, 5.74) is 0. The summed E-state index contributed by atoms with van der Waals surface area (Å²) in [5.74, 6) is 0.517. The highest BCUT2D eigenvalue weighted by Crippen LogP contribution is 2.11. The van der Waals surface area contributed by atoms with Gasteiger partial charge in [0.25, 0.3) is 0 Å². The fraction of sp³-hybridized carbons (Fsp3) is 0.625. The third-order valence-electron chi connectivity index (χ3n) is 3.62. The van der Waals surface area contributed by atoms with Crippen molar-refractivity contribution >= 4 is 0 Å². The summed E-state index contributed by atoms with van der Waals surface area (Å²) in [6.45, 7) is 8.36. The molecule has 1 heterocycles. The van der Waals surface area contributed by atoms with Crippen molar-refractivity contribution < 1.29 is 18.8 Å². The van der Waals surface area contributed by atoms with Gasteiger partial charge in [0.05, 0.1) is 13.2 Å². The predicted octanol–water partition coefficient (Wildman–Crippen LogP) is 1.68. The lowest BCUT2D eigenvalue weighted by Gasteiger charge is -2.32. The first-order chi connectivity index (χ1) is 9.63. The van der Waals surface area contributed by atoms with Crippen LogP contribution in [0.4, 0.5) is 4.39 Å². The van der Waals surface area contributed by atoms with E-state index in [4.69, 9.17) is 9.47 Å². The van der Waals surface area contributed by atoms with Crippen molar-refractivity contribution in [3.63, 3.8) is 0 Å². The largest absolute Gasteiger partial charge is 0.494 e. The SMILES string of the molecule is C[C@@H]1C[NH+](CCCCOc2ccc(F)cc2)C[C@H](C)O1. The Labute approximate surface area is 120 Å². The van der Waals surface area contributed by atoms with Crippen molar-refractivity contribution in [2.24, 2.45) is 0 Å². The maximum atomic E-state index is 12.7. The maximum absolute atomic E-state index is 12.7. The number of benzene rings is 1. The number of halogens is 1. The fourth-order valence-corrected chi connectivity index (χ4v) is 2.79. The molecule has 0 amide bonds. The van der Waals surface area contributed by atoms with Gasteiger partial charge < -0.3 is 14.4 Å². The van der Waals surface area contributed by atoms with E-state index in [2.05, 4.69) is 13.8 Å². The molecule has 112 valence electrons. The summed E-state index contributed by atoms with van der Waals surface area (Å²) >= 11 is 0. The van der Waals surface area contributed by atoms with Gasteiger partial charge in [-0.1, -0.05) is 0 Å². The van der Waals surface area contributed by atoms with Gasteiger partial charge in [0, 0.05) is 0 Å². The molecule has 0 aliphatic carbocycles. The summed E-state index contributed by atoms with van der Waals surface area (Å²) in [6, 6.07) is 6.20. The molecule has 1 unspecified atom stereocenters. The van der Waals surface area contributed by atoms with Gasteiger partial charge >= 0.3 is 0 Å². The van der Waals surface area contributed by atoms with Crippen LogP contribution in [0.2, 0.25) is 0 Å². The molecule has 1 saturated heterocycles. The lowest BCUT2D eigenvalue weighted by molar-refractivity contribution is -0.915. The summed E-state index contributed by atoms with van der Waals surface area (Å²) in [5, 5.41) is 0. The molecule has 0 radical (unpaired) electrons. The van der Waals surface area contributed by atoms with E-state index in [0.29, 0.717) is 18.8 Å². The van der Waals surface area contributed by atoms with E-state index in [1.807, 2.05) is 0 Å². The minimum Gasteiger partial charge on any atom is -0.494 e. The van der Waals surface area contributed by atoms with E-state index in [1.54, 1.807) is 17.0 Å². The molecule has 4 heteroatoms. The van der Waals surface area contributed by atoms with Crippen molar-refractivity contribution in [1.29, 1.82) is 0 Å². The highest BCUT2D eigenvalue weighted by atomic mass is 19.1. The summed E-state index contributed by atoms with van der Waals surface area (Å²) in [4.78, 5) is 1.62. The maximum Gasteiger partial charge on any atom is 0.123 e. The lowest BCUT2D eigenvalue weighted by atomic mass is 10.2. The molecule has 1 fully saturated rings. The second-order valence-corrected chi connectivity index (χ2v) is 5.68. The Kier molecular flexibility index (Phi) is 5.80. The van der Waals surface area contributed by atoms with Gasteiger partial charge in [-0.3, -0.25) is 0 Å². The summed E-state index contributed by atoms with van der Waals surface area (Å²) < 4.78 is 24.1. The molecule has 1 N–H and O–H groups in total. The zero-order valence-corrected chi connectivity index (χ0v) is 12.4. The van der Waals surface area contributed by atoms with Crippen LogP contribution in [0.15, 0.2) is 24.3 Å². The highest BCUT2D eigenvalue weighted by molar-refractivity contribution is 5.21. The summed E-state index contributed by atoms with van der Waals surface area (Å²) in [6.07, 6.45) is 2.91. The number of hydrogen-bond acceptors (Lipinski definition) is 2. The van der Waals surface area contributed by atoms with Gasteiger partial charge in [-0.25, -0.2) is 4.39 Å². The molecule has 1 aromatic carbocycles. The molecule has 1 aliphatic rings. The smallest absolute Gasteiger partial charge is 0.123 e. The second-order valence-electron chi connectivity index (χ2n) is 5.68. The molecule has 20 heavy (non-hydrogen) atoms. The number of quaternary nitrogens is 1. The third kappa shape index (κ3) is 5.10. The zero-order chi connectivity index (χ0) is 14.4. The standard InChI is InChI=1S/C16H24FNO2/c1-13-11-18(12-14(2)20-13)9-3-4-10-19-16-7-5-15(17)6-8-16/h5-8,13-14H,3-4,9-12H2,1-2H3/p+1/t13-,14+. The normalized spacial score (nSPS) is 26.4. The first kappa shape index (κ1) is 15.3. The zero-order valence-electron chi connectivity index (χ0n) is 12.4. The third-order valence-corrected chi connectivity index (χ3v) is 3.62. The van der Waals surface area contributed by atoms with Gasteiger partial charge in [-0.05, 0) is 51.0 Å². The van der Waals surface area contributed by atoms with Crippen LogP contribution in [0.1, 0.15) is 26.7 Å². The average molecular weight is 282 g/mol. The lowest BCUT2D eigenvalue weighted by Crippen LogP contribution is -3.15. The number of ether oxygens (including phenoxy) is 2. The van der Waals surface area contributed by atoms with Gasteiger partial charge in [-0.2, -0.15) is 0 Å². The first-order valence-electron chi connectivity index (χ1n) is 7.51. The van der Waals surface area contributed by atoms with Crippen molar-refractivity contribution in [3.05, 3.63) is 30.1 Å². The Morgan fingerprint density at radius 2 is 1.80 bits per heavy atom. The Balaban J connectivity index is 1.58. The van der Waals surface area contributed by atoms with Crippen LogP contribution in [0.5, 0.6) is 5.75 Å². The highest BCUT2D eigenvalue weighted by Gasteiger charge is 2.24. The molecule has 1 aromatic rings. The quantitative estimate of drug-likeness (QED) is 0.802. The van der Waals surface area contributed by atoms with Gasteiger partial charge in [-0.15, -0.1) is 0 Å². The van der Waals surface area contributed by atoms with E-state index in [-0.39, 0.29) is 5.82 Å². The van der Waals surface area contributed by atoms with E-state index in [1.165, 1.54) is 18.7 Å². The Hall–Kier alpha value is -1.13. The van der Waals surface area contributed by atoms with E-state index in [9.17, 15) is 4.39 Å². The molecule has 1 aliphatic heterocycles. The van der Waals surface area contributed by atoms with Gasteiger partial charge in [0.2, 0.25) is 0 Å². The van der Waals surface area contributed by atoms with Crippen molar-refractivity contribution in [2.45, 2.75) is 38.9 Å². The molecular formula is C16H25FNO2+. The van der Waals surface area contributed by atoms with Crippen LogP contribution >= 0.6 is 0 Å². The van der Waals surface area contributed by atoms with Crippen LogP contribution in [-0.2, 0) is 4.74 Å². The Morgan fingerprint density at radius 3 is 2.45 bits per heavy atom. The molecular weight excluding hydrogens is 257 g/mol. The number of rotatable bonds is 6. The van der Waals surface area contributed by atoms with Crippen LogP contribution < -0.4 is 9.64 Å². The van der Waals surface area contributed by atoms with Crippen molar-refractivity contribution in [1.82, 2.24) is 0 Å². The topological polar surface area (TPSA) is 22.9 Å². The first-order valence-corrected chi connectivity index (χ1v) is 7.51. The molecule has 0 saturated carbocycles. The second kappa shape index (κ2) is 7.60. The minimum absolute atomic E-state index is 0.225. The van der Waals surface area contributed by atoms with E-state index < -0.39 is 0 Å². The molecule has 0 spiro atoms. The molecule has 0 aromatic heterocycles. The van der Waals surface area contributed by atoms with Crippen molar-refractivity contribution in [2.75, 3.05) is 26.2 Å². The van der Waals surface area contributed by atoms with E-state index >= 15 is 0 Å². The monoisotopic (exact) mass is 282 g/mol. The Morgan fingerprint density at radius 1 is 1.15 bits per heavy atom. The van der Waals surface area contributed by atoms with Gasteiger partial charge in [0.15, 0.2) is 0 Å². The molecule has 3 atom stereocenters. The van der Waals surface area contributed by atoms with Gasteiger partial charge in [0.1, 0.15) is 36.9 Å². The number of morpholine rings is 1.